The summed E-state index contributed by atoms with van der Waals surface area (Å²) < 4.78 is 0. The number of benzene rings is 1. The molecular weight excluding hydrogens is 210 g/mol. The lowest BCUT2D eigenvalue weighted by atomic mass is 10.0. The minimum atomic E-state index is -1.27. The highest BCUT2D eigenvalue weighted by molar-refractivity contribution is 6.79. The summed E-state index contributed by atoms with van der Waals surface area (Å²) in [5.74, 6) is 0. The fourth-order valence-electron chi connectivity index (χ4n) is 1.91. The first-order valence-electron chi connectivity index (χ1n) is 5.82. The van der Waals surface area contributed by atoms with Crippen LogP contribution in [0.2, 0.25) is 19.6 Å². The van der Waals surface area contributed by atoms with Crippen LogP contribution in [0.25, 0.3) is 0 Å². The van der Waals surface area contributed by atoms with Crippen molar-refractivity contribution in [3.8, 4) is 0 Å². The highest BCUT2D eigenvalue weighted by Gasteiger charge is 2.15. The lowest BCUT2D eigenvalue weighted by Gasteiger charge is -2.23. The minimum Gasteiger partial charge on any atom is -0.410 e. The molecule has 0 aliphatic rings. The number of anilines is 1. The largest absolute Gasteiger partial charge is 0.410 e. The summed E-state index contributed by atoms with van der Waals surface area (Å²) in [7, 11) is -1.27. The third kappa shape index (κ3) is 3.53. The number of nitrogens with one attached hydrogen (secondary N) is 1. The third-order valence-corrected chi connectivity index (χ3v) is 3.47. The summed E-state index contributed by atoms with van der Waals surface area (Å²) in [4.78, 5) is 3.70. The monoisotopic (exact) mass is 233 g/mol. The molecule has 0 aliphatic heterocycles. The zero-order chi connectivity index (χ0) is 12.3. The van der Waals surface area contributed by atoms with Gasteiger partial charge in [0, 0.05) is 5.69 Å². The lowest BCUT2D eigenvalue weighted by molar-refractivity contribution is 1.23. The van der Waals surface area contributed by atoms with E-state index in [0.717, 1.165) is 6.42 Å². The highest BCUT2D eigenvalue weighted by atomic mass is 28.3. The normalized spacial score (nSPS) is 11.3. The molecule has 0 aromatic heterocycles. The van der Waals surface area contributed by atoms with Gasteiger partial charge in [-0.15, -0.1) is 6.58 Å². The summed E-state index contributed by atoms with van der Waals surface area (Å²) >= 11 is 0. The maximum absolute atomic E-state index is 3.79. The smallest absolute Gasteiger partial charge is 0.144 e. The van der Waals surface area contributed by atoms with Crippen molar-refractivity contribution < 1.29 is 0 Å². The Labute approximate surface area is 101 Å². The van der Waals surface area contributed by atoms with E-state index in [2.05, 4.69) is 57.2 Å². The van der Waals surface area contributed by atoms with Gasteiger partial charge in [-0.25, -0.2) is 0 Å². The van der Waals surface area contributed by atoms with E-state index in [1.165, 1.54) is 22.4 Å². The molecule has 0 unspecified atom stereocenters. The molecule has 1 rings (SSSR count). The quantitative estimate of drug-likeness (QED) is 0.604. The molecule has 0 bridgehead atoms. The molecule has 0 aliphatic carbocycles. The molecule has 1 aromatic rings. The molecule has 2 heteroatoms. The molecule has 0 spiro atoms. The first kappa shape index (κ1) is 13.0. The molecule has 0 atom stereocenters. The van der Waals surface area contributed by atoms with Crippen LogP contribution in [-0.2, 0) is 6.42 Å². The van der Waals surface area contributed by atoms with Crippen LogP contribution in [0.15, 0.2) is 24.8 Å². The summed E-state index contributed by atoms with van der Waals surface area (Å²) in [6.45, 7) is 15.1. The van der Waals surface area contributed by atoms with Crippen molar-refractivity contribution >= 4 is 13.9 Å². The predicted molar refractivity (Wildman–Crippen MR) is 76.8 cm³/mol. The van der Waals surface area contributed by atoms with Crippen LogP contribution in [0.3, 0.4) is 0 Å². The van der Waals surface area contributed by atoms with E-state index in [1.807, 2.05) is 6.08 Å². The SMILES string of the molecule is C=CCc1cc(C)c(N[Si](C)(C)C)c(C)c1. The van der Waals surface area contributed by atoms with E-state index in [4.69, 9.17) is 0 Å². The van der Waals surface area contributed by atoms with Gasteiger partial charge in [0.2, 0.25) is 0 Å². The molecule has 1 nitrogen and oxygen atoms in total. The first-order valence-corrected chi connectivity index (χ1v) is 9.32. The Morgan fingerprint density at radius 2 is 1.69 bits per heavy atom. The Hall–Kier alpha value is -1.02. The van der Waals surface area contributed by atoms with Gasteiger partial charge in [0.25, 0.3) is 0 Å². The fraction of sp³-hybridized carbons (Fsp3) is 0.429. The van der Waals surface area contributed by atoms with Crippen molar-refractivity contribution in [2.45, 2.75) is 39.9 Å². The Morgan fingerprint density at radius 1 is 1.19 bits per heavy atom. The maximum Gasteiger partial charge on any atom is 0.144 e. The number of rotatable bonds is 4. The fourth-order valence-corrected chi connectivity index (χ4v) is 3.05. The second-order valence-electron chi connectivity index (χ2n) is 5.47. The van der Waals surface area contributed by atoms with Gasteiger partial charge in [-0.05, 0) is 37.0 Å². The van der Waals surface area contributed by atoms with Crippen LogP contribution in [-0.4, -0.2) is 8.24 Å². The Balaban J connectivity index is 3.07. The lowest BCUT2D eigenvalue weighted by Crippen LogP contribution is -2.33. The summed E-state index contributed by atoms with van der Waals surface area (Å²) in [6.07, 6.45) is 2.91. The zero-order valence-electron chi connectivity index (χ0n) is 11.1. The van der Waals surface area contributed by atoms with Gasteiger partial charge in [0.15, 0.2) is 0 Å². The van der Waals surface area contributed by atoms with Gasteiger partial charge in [0.05, 0.1) is 0 Å². The van der Waals surface area contributed by atoms with Crippen molar-refractivity contribution in [2.75, 3.05) is 4.98 Å². The second-order valence-corrected chi connectivity index (χ2v) is 10.2. The van der Waals surface area contributed by atoms with Crippen molar-refractivity contribution in [2.24, 2.45) is 0 Å². The Morgan fingerprint density at radius 3 is 2.06 bits per heavy atom. The van der Waals surface area contributed by atoms with Gasteiger partial charge in [-0.1, -0.05) is 37.8 Å². The summed E-state index contributed by atoms with van der Waals surface area (Å²) in [5, 5.41) is 0. The van der Waals surface area contributed by atoms with Crippen LogP contribution in [0.1, 0.15) is 16.7 Å². The molecule has 0 fully saturated rings. The van der Waals surface area contributed by atoms with Gasteiger partial charge >= 0.3 is 0 Å². The maximum atomic E-state index is 3.79. The molecule has 0 saturated heterocycles. The number of aryl methyl sites for hydroxylation is 2. The third-order valence-electron chi connectivity index (χ3n) is 2.47. The van der Waals surface area contributed by atoms with Crippen LogP contribution in [0.4, 0.5) is 5.69 Å². The van der Waals surface area contributed by atoms with E-state index in [-0.39, 0.29) is 0 Å². The number of hydrogen-bond donors (Lipinski definition) is 1. The molecule has 16 heavy (non-hydrogen) atoms. The van der Waals surface area contributed by atoms with E-state index in [1.54, 1.807) is 0 Å². The molecule has 0 heterocycles. The first-order chi connectivity index (χ1) is 7.33. The number of hydrogen-bond acceptors (Lipinski definition) is 1. The average molecular weight is 233 g/mol. The molecule has 0 saturated carbocycles. The molecule has 0 amide bonds. The summed E-state index contributed by atoms with van der Waals surface area (Å²) in [6, 6.07) is 4.52. The van der Waals surface area contributed by atoms with Gasteiger partial charge in [-0.2, -0.15) is 0 Å². The Bertz CT molecular complexity index is 365. The number of allylic oxidation sites excluding steroid dienone is 1. The Kier molecular flexibility index (Phi) is 3.97. The topological polar surface area (TPSA) is 12.0 Å². The highest BCUT2D eigenvalue weighted by Crippen LogP contribution is 2.24. The van der Waals surface area contributed by atoms with Gasteiger partial charge < -0.3 is 4.98 Å². The van der Waals surface area contributed by atoms with Crippen molar-refractivity contribution in [1.29, 1.82) is 0 Å². The van der Waals surface area contributed by atoms with Crippen LogP contribution in [0.5, 0.6) is 0 Å². The molecule has 0 radical (unpaired) electrons. The van der Waals surface area contributed by atoms with E-state index >= 15 is 0 Å². The molecular formula is C14H23NSi. The van der Waals surface area contributed by atoms with Crippen molar-refractivity contribution in [3.05, 3.63) is 41.5 Å². The van der Waals surface area contributed by atoms with Crippen LogP contribution >= 0.6 is 0 Å². The molecule has 1 N–H and O–H groups in total. The second kappa shape index (κ2) is 4.87. The van der Waals surface area contributed by atoms with E-state index in [9.17, 15) is 0 Å². The predicted octanol–water partition coefficient (Wildman–Crippen LogP) is 4.28. The average Bonchev–Trinajstić information content (AvgIpc) is 2.10. The van der Waals surface area contributed by atoms with Crippen molar-refractivity contribution in [1.82, 2.24) is 0 Å². The molecule has 1 aromatic carbocycles. The summed E-state index contributed by atoms with van der Waals surface area (Å²) in [5.41, 5.74) is 5.37. The van der Waals surface area contributed by atoms with Crippen LogP contribution in [0, 0.1) is 13.8 Å². The van der Waals surface area contributed by atoms with E-state index < -0.39 is 8.24 Å². The van der Waals surface area contributed by atoms with Gasteiger partial charge in [0.1, 0.15) is 8.24 Å². The minimum absolute atomic E-state index is 0.953. The standard InChI is InChI=1S/C14H23NSi/c1-7-8-13-9-11(2)14(12(3)10-13)15-16(4,5)6/h7,9-10,15H,1,8H2,2-6H3. The molecule has 88 valence electrons. The van der Waals surface area contributed by atoms with E-state index in [0.29, 0.717) is 0 Å². The van der Waals surface area contributed by atoms with Gasteiger partial charge in [-0.3, -0.25) is 0 Å². The van der Waals surface area contributed by atoms with Crippen LogP contribution < -0.4 is 4.98 Å². The zero-order valence-corrected chi connectivity index (χ0v) is 12.1. The van der Waals surface area contributed by atoms with Crippen molar-refractivity contribution in [3.63, 3.8) is 0 Å².